The van der Waals surface area contributed by atoms with Crippen LogP contribution in [0.3, 0.4) is 0 Å². The highest BCUT2D eigenvalue weighted by Crippen LogP contribution is 2.24. The summed E-state index contributed by atoms with van der Waals surface area (Å²) in [5, 5.41) is 0. The predicted molar refractivity (Wildman–Crippen MR) is 85.1 cm³/mol. The van der Waals surface area contributed by atoms with E-state index in [1.165, 1.54) is 17.2 Å². The van der Waals surface area contributed by atoms with Crippen molar-refractivity contribution in [3.8, 4) is 0 Å². The minimum Gasteiger partial charge on any atom is -0.339 e. The number of nitrogens with zero attached hydrogens (tertiary/aromatic N) is 2. The molecule has 0 N–H and O–H groups in total. The first kappa shape index (κ1) is 14.8. The van der Waals surface area contributed by atoms with Gasteiger partial charge >= 0.3 is 0 Å². The number of hydrogen-bond donors (Lipinski definition) is 0. The van der Waals surface area contributed by atoms with Crippen LogP contribution < -0.4 is 0 Å². The molecule has 1 saturated heterocycles. The fraction of sp³-hybridized carbons (Fsp3) is 0.444. The molecule has 2 aliphatic heterocycles. The van der Waals surface area contributed by atoms with Crippen LogP contribution in [-0.2, 0) is 22.6 Å². The third-order valence-corrected chi connectivity index (χ3v) is 4.77. The van der Waals surface area contributed by atoms with Crippen molar-refractivity contribution in [1.29, 1.82) is 0 Å². The van der Waals surface area contributed by atoms with Gasteiger partial charge in [-0.1, -0.05) is 30.8 Å². The molecule has 2 aliphatic rings. The van der Waals surface area contributed by atoms with Crippen molar-refractivity contribution in [1.82, 2.24) is 9.80 Å². The number of likely N-dealkylation sites (tertiary alicyclic amines) is 1. The molecule has 3 rings (SSSR count). The van der Waals surface area contributed by atoms with E-state index in [0.717, 1.165) is 32.4 Å². The molecule has 1 aromatic rings. The maximum atomic E-state index is 12.7. The highest BCUT2D eigenvalue weighted by molar-refractivity contribution is 5.87. The molecule has 116 valence electrons. The van der Waals surface area contributed by atoms with E-state index in [1.54, 1.807) is 4.90 Å². The number of carbonyl (C=O) groups is 2. The standard InChI is InChI=1S/C18H22N2O2/c1-2-17(21)19-10-8-15(9-11-19)18(22)20-12-7-14-5-3-4-6-16(14)13-20/h2-6,15H,1,7-13H2. The van der Waals surface area contributed by atoms with E-state index in [4.69, 9.17) is 0 Å². The lowest BCUT2D eigenvalue weighted by molar-refractivity contribution is -0.140. The van der Waals surface area contributed by atoms with Gasteiger partial charge in [-0.3, -0.25) is 9.59 Å². The summed E-state index contributed by atoms with van der Waals surface area (Å²) in [6, 6.07) is 8.35. The summed E-state index contributed by atoms with van der Waals surface area (Å²) in [5.41, 5.74) is 2.62. The Morgan fingerprint density at radius 3 is 2.41 bits per heavy atom. The lowest BCUT2D eigenvalue weighted by Crippen LogP contribution is -2.45. The van der Waals surface area contributed by atoms with Crippen molar-refractivity contribution in [2.45, 2.75) is 25.8 Å². The lowest BCUT2D eigenvalue weighted by atomic mass is 9.93. The van der Waals surface area contributed by atoms with Gasteiger partial charge in [0.15, 0.2) is 0 Å². The number of amides is 2. The largest absolute Gasteiger partial charge is 0.339 e. The van der Waals surface area contributed by atoms with Gasteiger partial charge in [0, 0.05) is 32.1 Å². The Morgan fingerprint density at radius 2 is 1.73 bits per heavy atom. The molecular weight excluding hydrogens is 276 g/mol. The fourth-order valence-electron chi connectivity index (χ4n) is 3.42. The SMILES string of the molecule is C=CC(=O)N1CCC(C(=O)N2CCc3ccccc3C2)CC1. The van der Waals surface area contributed by atoms with Gasteiger partial charge in [0.2, 0.25) is 11.8 Å². The molecule has 4 heteroatoms. The Hall–Kier alpha value is -2.10. The Kier molecular flexibility index (Phi) is 4.27. The van der Waals surface area contributed by atoms with Crippen molar-refractivity contribution in [3.63, 3.8) is 0 Å². The number of fused-ring (bicyclic) bond motifs is 1. The molecule has 0 spiro atoms. The Bertz CT molecular complexity index is 589. The molecule has 0 aromatic heterocycles. The molecule has 0 atom stereocenters. The van der Waals surface area contributed by atoms with Crippen molar-refractivity contribution in [3.05, 3.63) is 48.0 Å². The summed E-state index contributed by atoms with van der Waals surface area (Å²) >= 11 is 0. The Labute approximate surface area is 131 Å². The first-order valence-corrected chi connectivity index (χ1v) is 7.96. The quantitative estimate of drug-likeness (QED) is 0.784. The zero-order chi connectivity index (χ0) is 15.5. The second kappa shape index (κ2) is 6.34. The van der Waals surface area contributed by atoms with Crippen LogP contribution >= 0.6 is 0 Å². The van der Waals surface area contributed by atoms with Crippen LogP contribution in [-0.4, -0.2) is 41.2 Å². The Morgan fingerprint density at radius 1 is 1.05 bits per heavy atom. The third-order valence-electron chi connectivity index (χ3n) is 4.77. The number of benzene rings is 1. The summed E-state index contributed by atoms with van der Waals surface area (Å²) in [6.45, 7) is 6.37. The molecule has 2 amide bonds. The van der Waals surface area contributed by atoms with Gasteiger partial charge in [-0.15, -0.1) is 0 Å². The molecule has 0 unspecified atom stereocenters. The van der Waals surface area contributed by atoms with E-state index in [2.05, 4.69) is 24.8 Å². The van der Waals surface area contributed by atoms with Gasteiger partial charge in [0.1, 0.15) is 0 Å². The number of hydrogen-bond acceptors (Lipinski definition) is 2. The van der Waals surface area contributed by atoms with E-state index in [1.807, 2.05) is 11.0 Å². The van der Waals surface area contributed by atoms with E-state index in [-0.39, 0.29) is 17.7 Å². The van der Waals surface area contributed by atoms with Gasteiger partial charge in [-0.2, -0.15) is 0 Å². The molecule has 4 nitrogen and oxygen atoms in total. The first-order chi connectivity index (χ1) is 10.7. The van der Waals surface area contributed by atoms with Gasteiger partial charge in [-0.05, 0) is 36.5 Å². The van der Waals surface area contributed by atoms with Gasteiger partial charge < -0.3 is 9.80 Å². The van der Waals surface area contributed by atoms with Crippen molar-refractivity contribution in [2.75, 3.05) is 19.6 Å². The first-order valence-electron chi connectivity index (χ1n) is 7.96. The van der Waals surface area contributed by atoms with Crippen LogP contribution in [0.2, 0.25) is 0 Å². The molecule has 0 radical (unpaired) electrons. The minimum atomic E-state index is -0.0298. The van der Waals surface area contributed by atoms with Crippen LogP contribution in [0.1, 0.15) is 24.0 Å². The lowest BCUT2D eigenvalue weighted by Gasteiger charge is -2.35. The van der Waals surface area contributed by atoms with Crippen LogP contribution in [0.15, 0.2) is 36.9 Å². The summed E-state index contributed by atoms with van der Waals surface area (Å²) in [4.78, 5) is 28.1. The highest BCUT2D eigenvalue weighted by Gasteiger charge is 2.30. The van der Waals surface area contributed by atoms with Crippen LogP contribution in [0.4, 0.5) is 0 Å². The van der Waals surface area contributed by atoms with E-state index < -0.39 is 0 Å². The third kappa shape index (κ3) is 2.91. The Balaban J connectivity index is 1.59. The van der Waals surface area contributed by atoms with Crippen molar-refractivity contribution < 1.29 is 9.59 Å². The normalized spacial score (nSPS) is 18.7. The number of carbonyl (C=O) groups excluding carboxylic acids is 2. The minimum absolute atomic E-state index is 0.0298. The monoisotopic (exact) mass is 298 g/mol. The molecule has 1 fully saturated rings. The molecule has 1 aromatic carbocycles. The summed E-state index contributed by atoms with van der Waals surface area (Å²) < 4.78 is 0. The smallest absolute Gasteiger partial charge is 0.245 e. The topological polar surface area (TPSA) is 40.6 Å². The maximum absolute atomic E-state index is 12.7. The van der Waals surface area contributed by atoms with Crippen LogP contribution in [0, 0.1) is 5.92 Å². The zero-order valence-electron chi connectivity index (χ0n) is 12.8. The maximum Gasteiger partial charge on any atom is 0.245 e. The number of piperidine rings is 1. The molecular formula is C18H22N2O2. The second-order valence-electron chi connectivity index (χ2n) is 6.08. The molecule has 22 heavy (non-hydrogen) atoms. The summed E-state index contributed by atoms with van der Waals surface area (Å²) in [6.07, 6.45) is 3.81. The predicted octanol–water partition coefficient (Wildman–Crippen LogP) is 2.00. The average Bonchev–Trinajstić information content (AvgIpc) is 2.60. The molecule has 0 saturated carbocycles. The van der Waals surface area contributed by atoms with Crippen molar-refractivity contribution in [2.24, 2.45) is 5.92 Å². The van der Waals surface area contributed by atoms with E-state index >= 15 is 0 Å². The molecule has 2 heterocycles. The second-order valence-corrected chi connectivity index (χ2v) is 6.08. The average molecular weight is 298 g/mol. The zero-order valence-corrected chi connectivity index (χ0v) is 12.8. The van der Waals surface area contributed by atoms with Gasteiger partial charge in [-0.25, -0.2) is 0 Å². The molecule has 0 bridgehead atoms. The fourth-order valence-corrected chi connectivity index (χ4v) is 3.42. The van der Waals surface area contributed by atoms with E-state index in [9.17, 15) is 9.59 Å². The summed E-state index contributed by atoms with van der Waals surface area (Å²) in [5.74, 6) is 0.275. The highest BCUT2D eigenvalue weighted by atomic mass is 16.2. The summed E-state index contributed by atoms with van der Waals surface area (Å²) in [7, 11) is 0. The van der Waals surface area contributed by atoms with E-state index in [0.29, 0.717) is 13.1 Å². The van der Waals surface area contributed by atoms with Crippen molar-refractivity contribution >= 4 is 11.8 Å². The molecule has 0 aliphatic carbocycles. The van der Waals surface area contributed by atoms with Gasteiger partial charge in [0.05, 0.1) is 0 Å². The van der Waals surface area contributed by atoms with Crippen LogP contribution in [0.5, 0.6) is 0 Å². The number of rotatable bonds is 2. The van der Waals surface area contributed by atoms with Gasteiger partial charge in [0.25, 0.3) is 0 Å². The van der Waals surface area contributed by atoms with Crippen LogP contribution in [0.25, 0.3) is 0 Å².